The van der Waals surface area contributed by atoms with E-state index >= 15 is 0 Å². The average molecular weight is 404 g/mol. The Balaban J connectivity index is 2.29. The predicted octanol–water partition coefficient (Wildman–Crippen LogP) is 3.63. The van der Waals surface area contributed by atoms with Crippen molar-refractivity contribution in [3.8, 4) is 17.8 Å². The highest BCUT2D eigenvalue weighted by molar-refractivity contribution is 9.11. The molecule has 0 radical (unpaired) electrons. The maximum absolute atomic E-state index is 5.64. The number of nitrogens with one attached hydrogen (secondary N) is 1. The molecule has 20 heavy (non-hydrogen) atoms. The minimum atomic E-state index is 0.163. The van der Waals surface area contributed by atoms with Crippen LogP contribution in [0.4, 0.5) is 5.95 Å². The van der Waals surface area contributed by atoms with E-state index in [0.29, 0.717) is 18.2 Å². The molecule has 1 heterocycles. The highest BCUT2D eigenvalue weighted by Crippen LogP contribution is 2.31. The molecule has 1 N–H and O–H groups in total. The molecule has 6 nitrogen and oxygen atoms in total. The number of methoxy groups -OCH3 is 1. The summed E-state index contributed by atoms with van der Waals surface area (Å²) in [4.78, 5) is 12.3. The Morgan fingerprint density at radius 3 is 2.55 bits per heavy atom. The molecule has 8 heteroatoms. The van der Waals surface area contributed by atoms with Gasteiger partial charge in [0.1, 0.15) is 5.75 Å². The van der Waals surface area contributed by atoms with E-state index in [9.17, 15) is 0 Å². The minimum absolute atomic E-state index is 0.163. The van der Waals surface area contributed by atoms with Crippen LogP contribution in [0.15, 0.2) is 27.1 Å². The van der Waals surface area contributed by atoms with Crippen molar-refractivity contribution in [3.63, 3.8) is 0 Å². The van der Waals surface area contributed by atoms with Gasteiger partial charge in [0.05, 0.1) is 11.6 Å². The number of benzene rings is 1. The smallest absolute Gasteiger partial charge is 0.330 e. The van der Waals surface area contributed by atoms with E-state index in [2.05, 4.69) is 52.1 Å². The largest absolute Gasteiger partial charge is 0.467 e. The third kappa shape index (κ3) is 3.80. The summed E-state index contributed by atoms with van der Waals surface area (Å²) in [6.45, 7) is 2.64. The molecule has 2 rings (SSSR count). The van der Waals surface area contributed by atoms with Crippen molar-refractivity contribution < 1.29 is 9.47 Å². The lowest BCUT2D eigenvalue weighted by molar-refractivity contribution is 0.359. The lowest BCUT2D eigenvalue weighted by Crippen LogP contribution is -2.06. The van der Waals surface area contributed by atoms with Gasteiger partial charge in [0, 0.05) is 11.0 Å². The summed E-state index contributed by atoms with van der Waals surface area (Å²) in [5, 5.41) is 2.99. The molecule has 0 bridgehead atoms. The number of nitrogens with zero attached hydrogens (tertiary/aromatic N) is 3. The van der Waals surface area contributed by atoms with E-state index in [4.69, 9.17) is 9.47 Å². The first kappa shape index (κ1) is 15.0. The molecular weight excluding hydrogens is 392 g/mol. The molecule has 0 aliphatic heterocycles. The van der Waals surface area contributed by atoms with Crippen LogP contribution in [0.2, 0.25) is 0 Å². The fraction of sp³-hybridized carbons (Fsp3) is 0.250. The molecule has 0 atom stereocenters. The number of rotatable bonds is 5. The Morgan fingerprint density at radius 1 is 1.15 bits per heavy atom. The second kappa shape index (κ2) is 6.85. The Bertz CT molecular complexity index is 610. The van der Waals surface area contributed by atoms with Gasteiger partial charge in [0.2, 0.25) is 5.95 Å². The van der Waals surface area contributed by atoms with Crippen LogP contribution in [0.3, 0.4) is 0 Å². The van der Waals surface area contributed by atoms with Crippen LogP contribution in [-0.2, 0) is 0 Å². The van der Waals surface area contributed by atoms with Crippen LogP contribution in [0.25, 0.3) is 0 Å². The molecule has 0 aliphatic rings. The van der Waals surface area contributed by atoms with Gasteiger partial charge in [0.15, 0.2) is 0 Å². The summed E-state index contributed by atoms with van der Waals surface area (Å²) >= 11 is 6.80. The van der Waals surface area contributed by atoms with Crippen molar-refractivity contribution in [3.05, 3.63) is 27.1 Å². The van der Waals surface area contributed by atoms with Gasteiger partial charge in [-0.1, -0.05) is 15.9 Å². The first-order chi connectivity index (χ1) is 9.62. The quantitative estimate of drug-likeness (QED) is 0.821. The summed E-state index contributed by atoms with van der Waals surface area (Å²) in [7, 11) is 1.49. The van der Waals surface area contributed by atoms with Gasteiger partial charge in [-0.3, -0.25) is 0 Å². The molecule has 0 saturated carbocycles. The van der Waals surface area contributed by atoms with E-state index in [1.807, 2.05) is 19.1 Å². The van der Waals surface area contributed by atoms with E-state index in [0.717, 1.165) is 8.95 Å². The lowest BCUT2D eigenvalue weighted by Gasteiger charge is -2.09. The lowest BCUT2D eigenvalue weighted by atomic mass is 10.3. The third-order valence-corrected chi connectivity index (χ3v) is 3.32. The minimum Gasteiger partial charge on any atom is -0.467 e. The standard InChI is InChI=1S/C12H12Br2N4O2/c1-3-15-10-16-11(19-2)18-12(17-10)20-9-5-4-7(13)6-8(9)14/h4-6H,3H2,1-2H3,(H,15,16,17,18). The highest BCUT2D eigenvalue weighted by Gasteiger charge is 2.10. The summed E-state index contributed by atoms with van der Waals surface area (Å²) in [5.74, 6) is 1.01. The third-order valence-electron chi connectivity index (χ3n) is 2.21. The van der Waals surface area contributed by atoms with E-state index in [1.165, 1.54) is 7.11 Å². The zero-order valence-electron chi connectivity index (χ0n) is 10.9. The van der Waals surface area contributed by atoms with Crippen molar-refractivity contribution >= 4 is 37.8 Å². The maximum Gasteiger partial charge on any atom is 0.330 e. The SMILES string of the molecule is CCNc1nc(OC)nc(Oc2ccc(Br)cc2Br)n1. The average Bonchev–Trinajstić information content (AvgIpc) is 2.42. The number of anilines is 1. The molecule has 106 valence electrons. The van der Waals surface area contributed by atoms with Gasteiger partial charge < -0.3 is 14.8 Å². The van der Waals surface area contributed by atoms with Crippen molar-refractivity contribution in [1.29, 1.82) is 0 Å². The van der Waals surface area contributed by atoms with Crippen LogP contribution in [-0.4, -0.2) is 28.6 Å². The summed E-state index contributed by atoms with van der Waals surface area (Å²) in [6, 6.07) is 5.90. The Hall–Kier alpha value is -1.41. The molecule has 0 amide bonds. The Kier molecular flexibility index (Phi) is 5.13. The molecule has 1 aromatic carbocycles. The van der Waals surface area contributed by atoms with E-state index in [1.54, 1.807) is 6.07 Å². The normalized spacial score (nSPS) is 10.2. The van der Waals surface area contributed by atoms with Crippen molar-refractivity contribution in [1.82, 2.24) is 15.0 Å². The highest BCUT2D eigenvalue weighted by atomic mass is 79.9. The Morgan fingerprint density at radius 2 is 1.90 bits per heavy atom. The van der Waals surface area contributed by atoms with Gasteiger partial charge in [-0.15, -0.1) is 4.98 Å². The van der Waals surface area contributed by atoms with E-state index in [-0.39, 0.29) is 12.0 Å². The first-order valence-corrected chi connectivity index (χ1v) is 7.37. The van der Waals surface area contributed by atoms with Gasteiger partial charge in [0.25, 0.3) is 0 Å². The van der Waals surface area contributed by atoms with Crippen molar-refractivity contribution in [2.75, 3.05) is 19.0 Å². The summed E-state index contributed by atoms with van der Waals surface area (Å²) in [5.41, 5.74) is 0. The van der Waals surface area contributed by atoms with Gasteiger partial charge in [-0.05, 0) is 41.1 Å². The topological polar surface area (TPSA) is 69.2 Å². The number of halogens is 2. The van der Waals surface area contributed by atoms with Crippen LogP contribution in [0.5, 0.6) is 17.8 Å². The van der Waals surface area contributed by atoms with Crippen molar-refractivity contribution in [2.24, 2.45) is 0 Å². The van der Waals surface area contributed by atoms with Crippen LogP contribution >= 0.6 is 31.9 Å². The van der Waals surface area contributed by atoms with Gasteiger partial charge in [-0.25, -0.2) is 0 Å². The fourth-order valence-electron chi connectivity index (χ4n) is 1.37. The van der Waals surface area contributed by atoms with Gasteiger partial charge >= 0.3 is 12.0 Å². The zero-order valence-corrected chi connectivity index (χ0v) is 14.0. The molecule has 0 fully saturated rings. The zero-order chi connectivity index (χ0) is 14.5. The van der Waals surface area contributed by atoms with Crippen LogP contribution in [0.1, 0.15) is 6.92 Å². The summed E-state index contributed by atoms with van der Waals surface area (Å²) in [6.07, 6.45) is 0. The number of aromatic nitrogens is 3. The molecule has 2 aromatic rings. The first-order valence-electron chi connectivity index (χ1n) is 5.79. The molecule has 0 saturated heterocycles. The molecule has 0 spiro atoms. The number of hydrogen-bond donors (Lipinski definition) is 1. The van der Waals surface area contributed by atoms with Crippen LogP contribution in [0, 0.1) is 0 Å². The number of ether oxygens (including phenoxy) is 2. The van der Waals surface area contributed by atoms with E-state index < -0.39 is 0 Å². The van der Waals surface area contributed by atoms with Crippen LogP contribution < -0.4 is 14.8 Å². The second-order valence-corrected chi connectivity index (χ2v) is 5.41. The molecule has 0 unspecified atom stereocenters. The molecular formula is C12H12Br2N4O2. The van der Waals surface area contributed by atoms with Crippen molar-refractivity contribution in [2.45, 2.75) is 6.92 Å². The maximum atomic E-state index is 5.64. The van der Waals surface area contributed by atoms with Gasteiger partial charge in [-0.2, -0.15) is 9.97 Å². The molecule has 1 aromatic heterocycles. The predicted molar refractivity (Wildman–Crippen MR) is 82.5 cm³/mol. The summed E-state index contributed by atoms with van der Waals surface area (Å²) < 4.78 is 12.4. The fourth-order valence-corrected chi connectivity index (χ4v) is 2.50. The molecule has 0 aliphatic carbocycles. The second-order valence-electron chi connectivity index (χ2n) is 3.64. The number of hydrogen-bond acceptors (Lipinski definition) is 6. The monoisotopic (exact) mass is 402 g/mol. The Labute approximate surface area is 133 Å².